The minimum atomic E-state index is -1.23. The third-order valence-corrected chi connectivity index (χ3v) is 5.35. The van der Waals surface area contributed by atoms with Crippen LogP contribution in [0.4, 0.5) is 11.4 Å². The molecule has 0 radical (unpaired) electrons. The predicted molar refractivity (Wildman–Crippen MR) is 95.7 cm³/mol. The van der Waals surface area contributed by atoms with Gasteiger partial charge in [-0.25, -0.2) is 0 Å². The van der Waals surface area contributed by atoms with Gasteiger partial charge in [-0.3, -0.25) is 9.59 Å². The van der Waals surface area contributed by atoms with E-state index in [1.165, 1.54) is 16.7 Å². The lowest BCUT2D eigenvalue weighted by atomic mass is 10.1. The Hall–Kier alpha value is -2.47. The van der Waals surface area contributed by atoms with Crippen molar-refractivity contribution in [2.45, 2.75) is 16.6 Å². The fraction of sp³-hybridized carbons (Fsp3) is 0.222. The number of hydrogen-bond acceptors (Lipinski definition) is 4. The molecule has 0 saturated carbocycles. The van der Waals surface area contributed by atoms with Gasteiger partial charge >= 0.3 is 0 Å². The van der Waals surface area contributed by atoms with E-state index in [9.17, 15) is 9.59 Å². The molecular formula is C18H18N2O3S. The molecule has 1 atom stereocenters. The molecule has 2 aromatic rings. The molecule has 2 amide bonds. The van der Waals surface area contributed by atoms with Crippen LogP contribution < -0.4 is 15.0 Å². The number of carbonyl (C=O) groups is 2. The topological polar surface area (TPSA) is 58.6 Å². The lowest BCUT2D eigenvalue weighted by Gasteiger charge is -2.36. The van der Waals surface area contributed by atoms with Crippen molar-refractivity contribution in [2.24, 2.45) is 0 Å². The van der Waals surface area contributed by atoms with Crippen molar-refractivity contribution in [3.8, 4) is 5.75 Å². The molecule has 1 heterocycles. The van der Waals surface area contributed by atoms with Crippen LogP contribution in [-0.4, -0.2) is 30.7 Å². The summed E-state index contributed by atoms with van der Waals surface area (Å²) in [7, 11) is 3.26. The quantitative estimate of drug-likeness (QED) is 0.871. The van der Waals surface area contributed by atoms with Crippen molar-refractivity contribution in [3.05, 3.63) is 48.5 Å². The van der Waals surface area contributed by atoms with Gasteiger partial charge in [-0.05, 0) is 31.2 Å². The first kappa shape index (κ1) is 16.4. The Morgan fingerprint density at radius 1 is 1.21 bits per heavy atom. The van der Waals surface area contributed by atoms with E-state index >= 15 is 0 Å². The summed E-state index contributed by atoms with van der Waals surface area (Å²) in [5, 5.41) is 2.82. The zero-order valence-corrected chi connectivity index (χ0v) is 14.5. The average Bonchev–Trinajstić information content (AvgIpc) is 2.60. The third-order valence-electron chi connectivity index (χ3n) is 4.01. The highest BCUT2D eigenvalue weighted by atomic mass is 32.2. The van der Waals surface area contributed by atoms with Gasteiger partial charge in [0.1, 0.15) is 5.75 Å². The molecule has 1 unspecified atom stereocenters. The average molecular weight is 342 g/mol. The van der Waals surface area contributed by atoms with Gasteiger partial charge in [-0.1, -0.05) is 30.0 Å². The second-order valence-corrected chi connectivity index (χ2v) is 7.11. The maximum atomic E-state index is 12.8. The van der Waals surface area contributed by atoms with Crippen LogP contribution >= 0.6 is 11.8 Å². The van der Waals surface area contributed by atoms with Crippen molar-refractivity contribution in [1.82, 2.24) is 0 Å². The number of hydrogen-bond donors (Lipinski definition) is 1. The van der Waals surface area contributed by atoms with Gasteiger partial charge in [-0.2, -0.15) is 0 Å². The molecule has 5 nitrogen and oxygen atoms in total. The number of thioether (sulfide) groups is 1. The minimum Gasteiger partial charge on any atom is -0.497 e. The number of ether oxygens (including phenoxy) is 1. The SMILES string of the molecule is COc1cccc(NC(=O)C2(C)Sc3ccccc3N(C)C2=O)c1. The Labute approximate surface area is 145 Å². The fourth-order valence-corrected chi connectivity index (χ4v) is 3.87. The lowest BCUT2D eigenvalue weighted by molar-refractivity contribution is -0.128. The highest BCUT2D eigenvalue weighted by Crippen LogP contribution is 2.45. The molecule has 1 N–H and O–H groups in total. The summed E-state index contributed by atoms with van der Waals surface area (Å²) in [4.78, 5) is 28.1. The van der Waals surface area contributed by atoms with E-state index in [4.69, 9.17) is 4.74 Å². The molecule has 124 valence electrons. The highest BCUT2D eigenvalue weighted by Gasteiger charge is 2.48. The van der Waals surface area contributed by atoms with Crippen LogP contribution in [0.25, 0.3) is 0 Å². The van der Waals surface area contributed by atoms with Crippen LogP contribution in [0.1, 0.15) is 6.92 Å². The lowest BCUT2D eigenvalue weighted by Crippen LogP contribution is -2.53. The summed E-state index contributed by atoms with van der Waals surface area (Å²) in [5.74, 6) is 0.0433. The Balaban J connectivity index is 1.90. The summed E-state index contributed by atoms with van der Waals surface area (Å²) < 4.78 is 3.93. The first-order valence-corrected chi connectivity index (χ1v) is 8.29. The van der Waals surface area contributed by atoms with Gasteiger partial charge in [0.2, 0.25) is 5.91 Å². The number of benzene rings is 2. The van der Waals surface area contributed by atoms with E-state index in [2.05, 4.69) is 5.32 Å². The molecule has 0 fully saturated rings. The van der Waals surface area contributed by atoms with Crippen LogP contribution in [0.3, 0.4) is 0 Å². The Morgan fingerprint density at radius 3 is 2.71 bits per heavy atom. The highest BCUT2D eigenvalue weighted by molar-refractivity contribution is 8.02. The van der Waals surface area contributed by atoms with Gasteiger partial charge in [0, 0.05) is 23.7 Å². The normalized spacial score (nSPS) is 19.6. The molecule has 0 bridgehead atoms. The molecule has 1 aliphatic rings. The van der Waals surface area contributed by atoms with E-state index < -0.39 is 4.75 Å². The van der Waals surface area contributed by atoms with E-state index in [-0.39, 0.29) is 11.8 Å². The predicted octanol–water partition coefficient (Wildman–Crippen LogP) is 3.16. The molecule has 0 saturated heterocycles. The number of anilines is 2. The molecule has 0 aromatic heterocycles. The maximum absolute atomic E-state index is 12.8. The maximum Gasteiger partial charge on any atom is 0.252 e. The molecule has 1 aliphatic heterocycles. The Morgan fingerprint density at radius 2 is 1.96 bits per heavy atom. The van der Waals surface area contributed by atoms with E-state index in [1.807, 2.05) is 24.3 Å². The van der Waals surface area contributed by atoms with Crippen LogP contribution in [0, 0.1) is 0 Å². The molecule has 6 heteroatoms. The summed E-state index contributed by atoms with van der Waals surface area (Å²) in [6.07, 6.45) is 0. The standard InChI is InChI=1S/C18H18N2O3S/c1-18(16(21)19-12-7-6-8-13(11-12)23-3)17(22)20(2)14-9-4-5-10-15(14)24-18/h4-11H,1-3H3,(H,19,21). The van der Waals surface area contributed by atoms with Crippen molar-refractivity contribution < 1.29 is 14.3 Å². The number of para-hydroxylation sites is 1. The molecule has 0 spiro atoms. The third kappa shape index (κ3) is 2.73. The first-order valence-electron chi connectivity index (χ1n) is 7.47. The second kappa shape index (κ2) is 6.20. The Bertz CT molecular complexity index is 808. The number of amides is 2. The van der Waals surface area contributed by atoms with Gasteiger partial charge in [0.15, 0.2) is 4.75 Å². The fourth-order valence-electron chi connectivity index (χ4n) is 2.61. The number of nitrogens with one attached hydrogen (secondary N) is 1. The number of nitrogens with zero attached hydrogens (tertiary/aromatic N) is 1. The largest absolute Gasteiger partial charge is 0.497 e. The van der Waals surface area contributed by atoms with Crippen LogP contribution in [-0.2, 0) is 9.59 Å². The van der Waals surface area contributed by atoms with Gasteiger partial charge in [0.25, 0.3) is 5.91 Å². The number of methoxy groups -OCH3 is 1. The Kier molecular flexibility index (Phi) is 4.24. The molecular weight excluding hydrogens is 324 g/mol. The van der Waals surface area contributed by atoms with Crippen molar-refractivity contribution in [3.63, 3.8) is 0 Å². The van der Waals surface area contributed by atoms with Crippen LogP contribution in [0.5, 0.6) is 5.75 Å². The first-order chi connectivity index (χ1) is 11.5. The van der Waals surface area contributed by atoms with E-state index in [1.54, 1.807) is 45.3 Å². The zero-order chi connectivity index (χ0) is 17.3. The number of carbonyl (C=O) groups excluding carboxylic acids is 2. The van der Waals surface area contributed by atoms with Gasteiger partial charge < -0.3 is 15.0 Å². The zero-order valence-electron chi connectivity index (χ0n) is 13.7. The van der Waals surface area contributed by atoms with Crippen molar-refractivity contribution in [2.75, 3.05) is 24.4 Å². The van der Waals surface area contributed by atoms with Crippen LogP contribution in [0.2, 0.25) is 0 Å². The van der Waals surface area contributed by atoms with E-state index in [0.717, 1.165) is 10.6 Å². The number of rotatable bonds is 3. The second-order valence-electron chi connectivity index (χ2n) is 5.65. The van der Waals surface area contributed by atoms with Crippen molar-refractivity contribution in [1.29, 1.82) is 0 Å². The molecule has 2 aromatic carbocycles. The monoisotopic (exact) mass is 342 g/mol. The van der Waals surface area contributed by atoms with Gasteiger partial charge in [-0.15, -0.1) is 0 Å². The smallest absolute Gasteiger partial charge is 0.252 e. The molecule has 0 aliphatic carbocycles. The summed E-state index contributed by atoms with van der Waals surface area (Å²) in [5.41, 5.74) is 1.41. The van der Waals surface area contributed by atoms with Gasteiger partial charge in [0.05, 0.1) is 12.8 Å². The summed E-state index contributed by atoms with van der Waals surface area (Å²) in [6, 6.07) is 14.6. The molecule has 3 rings (SSSR count). The van der Waals surface area contributed by atoms with Crippen LogP contribution in [0.15, 0.2) is 53.4 Å². The van der Waals surface area contributed by atoms with Crippen molar-refractivity contribution >= 4 is 35.0 Å². The summed E-state index contributed by atoms with van der Waals surface area (Å²) >= 11 is 1.27. The number of fused-ring (bicyclic) bond motifs is 1. The van der Waals surface area contributed by atoms with E-state index in [0.29, 0.717) is 11.4 Å². The minimum absolute atomic E-state index is 0.244. The summed E-state index contributed by atoms with van der Waals surface area (Å²) in [6.45, 7) is 1.65. The molecule has 24 heavy (non-hydrogen) atoms.